The first-order valence-corrected chi connectivity index (χ1v) is 21.2. The Kier molecular flexibility index (Phi) is 9.61. The van der Waals surface area contributed by atoms with Crippen LogP contribution in [0.4, 0.5) is 0 Å². The average Bonchev–Trinajstić information content (AvgIpc) is 3.71. The van der Waals surface area contributed by atoms with Crippen LogP contribution in [0.1, 0.15) is 119 Å². The predicted octanol–water partition coefficient (Wildman–Crippen LogP) is 7.79. The van der Waals surface area contributed by atoms with Gasteiger partial charge in [-0.2, -0.15) is 0 Å². The molecule has 1 N–H and O–H groups in total. The van der Waals surface area contributed by atoms with Gasteiger partial charge in [0.25, 0.3) is 0 Å². The highest BCUT2D eigenvalue weighted by Crippen LogP contribution is 2.89. The number of ether oxygens (including phenoxy) is 6. The van der Waals surface area contributed by atoms with Gasteiger partial charge in [0.2, 0.25) is 0 Å². The molecule has 8 rings (SSSR count). The fraction of sp³-hybridized carbons (Fsp3) is 0.844. The van der Waals surface area contributed by atoms with Gasteiger partial charge in [-0.15, -0.1) is 0 Å². The first-order valence-electron chi connectivity index (χ1n) is 21.2. The molecule has 5 unspecified atom stereocenters. The van der Waals surface area contributed by atoms with Crippen molar-refractivity contribution in [3.8, 4) is 11.5 Å². The molecule has 0 aromatic heterocycles. The maximum Gasteiger partial charge on any atom is 0.303 e. The number of methoxy groups -OCH3 is 2. The molecule has 5 saturated carbocycles. The Balaban J connectivity index is 0.963. The quantitative estimate of drug-likeness (QED) is 0.254. The molecule has 2 saturated heterocycles. The minimum Gasteiger partial charge on any atom is -0.497 e. The molecule has 302 valence electrons. The van der Waals surface area contributed by atoms with Gasteiger partial charge in [-0.05, 0) is 128 Å². The van der Waals surface area contributed by atoms with Crippen LogP contribution in [0.5, 0.6) is 11.5 Å². The Morgan fingerprint density at radius 2 is 1.76 bits per heavy atom. The maximum atomic E-state index is 12.1. The van der Waals surface area contributed by atoms with Crippen molar-refractivity contribution in [2.75, 3.05) is 33.9 Å². The molecular weight excluding hydrogens is 682 g/mol. The number of fused-ring (bicyclic) bond motifs is 4. The summed E-state index contributed by atoms with van der Waals surface area (Å²) in [6, 6.07) is 6.07. The Labute approximate surface area is 324 Å². The van der Waals surface area contributed by atoms with E-state index in [1.807, 2.05) is 12.1 Å². The van der Waals surface area contributed by atoms with Crippen molar-refractivity contribution in [2.45, 2.75) is 156 Å². The van der Waals surface area contributed by atoms with Crippen LogP contribution in [0, 0.1) is 50.7 Å². The van der Waals surface area contributed by atoms with Crippen LogP contribution in [0.2, 0.25) is 0 Å². The van der Waals surface area contributed by atoms with E-state index in [1.165, 1.54) is 45.4 Å². The number of hydrogen-bond acceptors (Lipinski definition) is 9. The molecule has 54 heavy (non-hydrogen) atoms. The molecule has 9 nitrogen and oxygen atoms in total. The largest absolute Gasteiger partial charge is 0.497 e. The van der Waals surface area contributed by atoms with Crippen molar-refractivity contribution in [3.63, 3.8) is 0 Å². The topological polar surface area (TPSA) is 95.9 Å². The molecule has 2 heterocycles. The first kappa shape index (κ1) is 38.9. The Morgan fingerprint density at radius 1 is 1.02 bits per heavy atom. The highest BCUT2D eigenvalue weighted by Gasteiger charge is 2.83. The van der Waals surface area contributed by atoms with Gasteiger partial charge in [0, 0.05) is 38.2 Å². The third kappa shape index (κ3) is 5.81. The van der Waals surface area contributed by atoms with Crippen molar-refractivity contribution in [1.82, 2.24) is 4.90 Å². The highest BCUT2D eigenvalue weighted by molar-refractivity contribution is 5.66. The number of benzene rings is 1. The molecule has 1 aromatic rings. The van der Waals surface area contributed by atoms with Gasteiger partial charge >= 0.3 is 5.97 Å². The summed E-state index contributed by atoms with van der Waals surface area (Å²) in [6.45, 7) is 20.7. The minimum absolute atomic E-state index is 0.0660. The fourth-order valence-electron chi connectivity index (χ4n) is 14.9. The second-order valence-corrected chi connectivity index (χ2v) is 20.5. The second-order valence-electron chi connectivity index (χ2n) is 20.5. The monoisotopic (exact) mass is 752 g/mol. The molecule has 0 amide bonds. The molecule has 13 atom stereocenters. The number of morpholine rings is 1. The van der Waals surface area contributed by atoms with Crippen LogP contribution in [0.15, 0.2) is 18.2 Å². The summed E-state index contributed by atoms with van der Waals surface area (Å²) >= 11 is 0. The molecule has 9 heteroatoms. The molecule has 0 bridgehead atoms. The average molecular weight is 752 g/mol. The normalized spacial score (nSPS) is 44.4. The van der Waals surface area contributed by atoms with Gasteiger partial charge in [-0.25, -0.2) is 0 Å². The summed E-state index contributed by atoms with van der Waals surface area (Å²) in [7, 11) is 3.41. The number of hydrogen-bond donors (Lipinski definition) is 1. The minimum atomic E-state index is -1.17. The smallest absolute Gasteiger partial charge is 0.303 e. The van der Waals surface area contributed by atoms with Gasteiger partial charge < -0.3 is 33.5 Å². The highest BCUT2D eigenvalue weighted by atomic mass is 16.7. The number of nitrogens with zero attached hydrogens (tertiary/aromatic N) is 1. The third-order valence-corrected chi connectivity index (χ3v) is 17.3. The second kappa shape index (κ2) is 13.3. The number of rotatable bonds is 9. The summed E-state index contributed by atoms with van der Waals surface area (Å²) in [5.41, 5.74) is 1.24. The van der Waals surface area contributed by atoms with Crippen molar-refractivity contribution >= 4 is 5.97 Å². The lowest BCUT2D eigenvalue weighted by atomic mass is 9.41. The number of carbonyl (C=O) groups excluding carboxylic acids is 1. The van der Waals surface area contributed by atoms with E-state index in [9.17, 15) is 9.90 Å². The SMILES string of the molecule is COc1ccc(CN2CCOC(O[C@H]3CC[C@]45C[C@]46CC[C@]4(C)C7C(C[C@@]4(C)[C@@H]6CCC5C3(C)C)OC([C@H](OC(C)=O)C(C)(C)O)C[C@H]7C)C2)c(OC)c1. The van der Waals surface area contributed by atoms with Crippen LogP contribution in [0.25, 0.3) is 0 Å². The van der Waals surface area contributed by atoms with Crippen LogP contribution in [0.3, 0.4) is 0 Å². The van der Waals surface area contributed by atoms with Crippen molar-refractivity contribution in [1.29, 1.82) is 0 Å². The standard InChI is InChI=1S/C45H69NO8/c1-27-21-32(39(41(5,6)48)52-28(2)47)53-33-23-43(8)35-14-13-34-40(3,4)36(15-16-44(34)26-45(35,44)18-17-42(43,7)38(27)33)54-37-25-46(19-20-51-37)24-29-11-12-30(49-9)22-31(29)50-10/h11-12,22,27,32-39,48H,13-21,23-26H2,1-10H3/t27-,32?,33?,34?,35+,36+,37?,38?,39+,42-,43+,44-,45+/m1/s1. The zero-order chi connectivity index (χ0) is 38.6. The van der Waals surface area contributed by atoms with Crippen LogP contribution in [-0.2, 0) is 30.3 Å². The van der Waals surface area contributed by atoms with E-state index in [4.69, 9.17) is 28.4 Å². The summed E-state index contributed by atoms with van der Waals surface area (Å²) in [4.78, 5) is 14.6. The molecular formula is C45H69NO8. The number of carbonyl (C=O) groups is 1. The maximum absolute atomic E-state index is 12.1. The lowest BCUT2D eigenvalue weighted by molar-refractivity contribution is -0.248. The summed E-state index contributed by atoms with van der Waals surface area (Å²) in [5.74, 6) is 3.54. The number of esters is 1. The van der Waals surface area contributed by atoms with Gasteiger partial charge in [0.1, 0.15) is 11.5 Å². The van der Waals surface area contributed by atoms with Crippen molar-refractivity contribution in [3.05, 3.63) is 23.8 Å². The van der Waals surface area contributed by atoms with E-state index in [0.29, 0.717) is 41.1 Å². The van der Waals surface area contributed by atoms with Gasteiger partial charge in [0.05, 0.1) is 44.7 Å². The molecule has 7 fully saturated rings. The summed E-state index contributed by atoms with van der Waals surface area (Å²) < 4.78 is 37.3. The predicted molar refractivity (Wildman–Crippen MR) is 206 cm³/mol. The Morgan fingerprint density at radius 3 is 2.46 bits per heavy atom. The molecule has 0 radical (unpaired) electrons. The van der Waals surface area contributed by atoms with Crippen LogP contribution < -0.4 is 9.47 Å². The van der Waals surface area contributed by atoms with Gasteiger partial charge in [-0.3, -0.25) is 9.69 Å². The fourth-order valence-corrected chi connectivity index (χ4v) is 14.9. The first-order chi connectivity index (χ1) is 25.4. The zero-order valence-electron chi connectivity index (χ0n) is 34.9. The van der Waals surface area contributed by atoms with E-state index in [1.54, 1.807) is 28.1 Å². The molecule has 2 aliphatic heterocycles. The van der Waals surface area contributed by atoms with Gasteiger partial charge in [-0.1, -0.05) is 40.7 Å². The van der Waals surface area contributed by atoms with E-state index < -0.39 is 11.7 Å². The Hall–Kier alpha value is -1.91. The molecule has 5 aliphatic carbocycles. The lowest BCUT2D eigenvalue weighted by Crippen LogP contribution is -2.59. The van der Waals surface area contributed by atoms with Gasteiger partial charge in [0.15, 0.2) is 12.4 Å². The molecule has 7 aliphatic rings. The summed E-state index contributed by atoms with van der Waals surface area (Å²) in [5, 5.41) is 11.1. The zero-order valence-corrected chi connectivity index (χ0v) is 34.9. The van der Waals surface area contributed by atoms with Crippen LogP contribution >= 0.6 is 0 Å². The van der Waals surface area contributed by atoms with E-state index in [-0.39, 0.29) is 46.8 Å². The lowest BCUT2D eigenvalue weighted by Gasteiger charge is -2.63. The van der Waals surface area contributed by atoms with E-state index >= 15 is 0 Å². The third-order valence-electron chi connectivity index (χ3n) is 17.3. The summed E-state index contributed by atoms with van der Waals surface area (Å²) in [6.07, 6.45) is 9.83. The number of aliphatic hydroxyl groups is 1. The molecule has 1 aromatic carbocycles. The van der Waals surface area contributed by atoms with E-state index in [2.05, 4.69) is 45.6 Å². The van der Waals surface area contributed by atoms with Crippen molar-refractivity contribution in [2.24, 2.45) is 50.7 Å². The van der Waals surface area contributed by atoms with Crippen LogP contribution in [-0.4, -0.2) is 86.2 Å². The Bertz CT molecular complexity index is 1590. The molecule has 2 spiro atoms. The van der Waals surface area contributed by atoms with Crippen molar-refractivity contribution < 1.29 is 38.3 Å². The van der Waals surface area contributed by atoms with E-state index in [0.717, 1.165) is 56.0 Å².